The Balaban J connectivity index is 1.33. The van der Waals surface area contributed by atoms with Gasteiger partial charge >= 0.3 is 6.18 Å². The first-order valence-electron chi connectivity index (χ1n) is 11.3. The van der Waals surface area contributed by atoms with Crippen molar-refractivity contribution >= 4 is 0 Å². The first-order valence-corrected chi connectivity index (χ1v) is 11.3. The molecule has 0 atom stereocenters. The predicted octanol–water partition coefficient (Wildman–Crippen LogP) is 7.41. The van der Waals surface area contributed by atoms with Gasteiger partial charge in [-0.05, 0) is 99.7 Å². The summed E-state index contributed by atoms with van der Waals surface area (Å²) >= 11 is 0. The average Bonchev–Trinajstić information content (AvgIpc) is 2.76. The van der Waals surface area contributed by atoms with Crippen molar-refractivity contribution < 1.29 is 17.9 Å². The molecule has 0 bridgehead atoms. The van der Waals surface area contributed by atoms with Crippen LogP contribution in [0.1, 0.15) is 81.3 Å². The number of nitriles is 1. The topological polar surface area (TPSA) is 33.0 Å². The maximum Gasteiger partial charge on any atom is 0.416 e. The summed E-state index contributed by atoms with van der Waals surface area (Å²) in [5, 5.41) is 8.52. The molecule has 2 aliphatic rings. The van der Waals surface area contributed by atoms with Gasteiger partial charge in [0.05, 0.1) is 17.7 Å². The minimum absolute atomic E-state index is 0.369. The van der Waals surface area contributed by atoms with Gasteiger partial charge in [0.15, 0.2) is 0 Å². The van der Waals surface area contributed by atoms with E-state index < -0.39 is 11.7 Å². The summed E-state index contributed by atoms with van der Waals surface area (Å²) in [7, 11) is 0. The highest BCUT2D eigenvalue weighted by atomic mass is 19.4. The Morgan fingerprint density at radius 3 is 2.17 bits per heavy atom. The van der Waals surface area contributed by atoms with Crippen molar-refractivity contribution in [3.63, 3.8) is 0 Å². The van der Waals surface area contributed by atoms with Gasteiger partial charge in [0.25, 0.3) is 0 Å². The van der Waals surface area contributed by atoms with Crippen LogP contribution in [0.3, 0.4) is 0 Å². The van der Waals surface area contributed by atoms with E-state index in [2.05, 4.69) is 0 Å². The van der Waals surface area contributed by atoms with E-state index in [9.17, 15) is 13.2 Å². The lowest BCUT2D eigenvalue weighted by Gasteiger charge is -2.32. The third kappa shape index (κ3) is 6.87. The molecule has 0 aromatic heterocycles. The minimum atomic E-state index is -4.26. The molecule has 0 amide bonds. The quantitative estimate of drug-likeness (QED) is 0.431. The lowest BCUT2D eigenvalue weighted by Crippen LogP contribution is -2.25. The van der Waals surface area contributed by atoms with Crippen molar-refractivity contribution in [2.24, 2.45) is 11.8 Å². The second-order valence-electron chi connectivity index (χ2n) is 8.92. The molecule has 2 aliphatic carbocycles. The summed E-state index contributed by atoms with van der Waals surface area (Å²) in [6.45, 7) is 0.819. The van der Waals surface area contributed by atoms with E-state index in [4.69, 9.17) is 10.00 Å². The number of nitrogens with zero attached hydrogens (tertiary/aromatic N) is 1. The van der Waals surface area contributed by atoms with E-state index in [1.807, 2.05) is 12.1 Å². The van der Waals surface area contributed by atoms with E-state index in [-0.39, 0.29) is 0 Å². The Morgan fingerprint density at radius 1 is 0.933 bits per heavy atom. The summed E-state index contributed by atoms with van der Waals surface area (Å²) in [6.07, 6.45) is 10.7. The molecule has 2 fully saturated rings. The summed E-state index contributed by atoms with van der Waals surface area (Å²) in [4.78, 5) is 0. The number of allylic oxidation sites excluding steroid dienone is 2. The molecule has 0 unspecified atom stereocenters. The van der Waals surface area contributed by atoms with Gasteiger partial charge in [-0.15, -0.1) is 0 Å². The van der Waals surface area contributed by atoms with E-state index in [0.29, 0.717) is 17.9 Å². The fourth-order valence-electron chi connectivity index (χ4n) is 4.93. The average molecular weight is 420 g/mol. The van der Waals surface area contributed by atoms with Crippen LogP contribution in [-0.2, 0) is 10.9 Å². The van der Waals surface area contributed by atoms with Crippen molar-refractivity contribution in [1.82, 2.24) is 0 Å². The van der Waals surface area contributed by atoms with E-state index >= 15 is 0 Å². The fraction of sp³-hybridized carbons (Fsp3) is 0.640. The molecule has 164 valence electrons. The van der Waals surface area contributed by atoms with Crippen LogP contribution in [0.5, 0.6) is 0 Å². The molecule has 0 radical (unpaired) electrons. The molecule has 1 aromatic carbocycles. The molecule has 2 saturated carbocycles. The molecule has 0 saturated heterocycles. The van der Waals surface area contributed by atoms with Gasteiger partial charge in [-0.2, -0.15) is 18.4 Å². The minimum Gasteiger partial charge on any atom is -0.378 e. The Morgan fingerprint density at radius 2 is 1.57 bits per heavy atom. The normalized spacial score (nSPS) is 27.8. The van der Waals surface area contributed by atoms with Crippen LogP contribution in [-0.4, -0.2) is 12.7 Å². The molecular formula is C25H32F3NO. The number of alkyl halides is 3. The molecule has 2 nitrogen and oxygen atoms in total. The molecule has 1 aromatic rings. The van der Waals surface area contributed by atoms with Crippen molar-refractivity contribution in [2.45, 2.75) is 82.4 Å². The molecule has 0 N–H and O–H groups in total. The van der Waals surface area contributed by atoms with Crippen LogP contribution in [0, 0.1) is 23.2 Å². The smallest absolute Gasteiger partial charge is 0.378 e. The van der Waals surface area contributed by atoms with Gasteiger partial charge in [0, 0.05) is 12.7 Å². The lowest BCUT2D eigenvalue weighted by molar-refractivity contribution is -0.137. The SMILES string of the molecule is N#CC=CCCC1CCC(OCC2CCC(c3ccc(C(F)(F)F)cc3)CC2)CC1. The highest BCUT2D eigenvalue weighted by Crippen LogP contribution is 2.38. The molecule has 0 heterocycles. The zero-order chi connectivity index (χ0) is 21.4. The Bertz CT molecular complexity index is 703. The van der Waals surface area contributed by atoms with Crippen LogP contribution in [0.4, 0.5) is 13.2 Å². The monoisotopic (exact) mass is 419 g/mol. The van der Waals surface area contributed by atoms with Gasteiger partial charge < -0.3 is 4.74 Å². The van der Waals surface area contributed by atoms with Crippen LogP contribution in [0.15, 0.2) is 36.4 Å². The molecule has 5 heteroatoms. The van der Waals surface area contributed by atoms with E-state index in [0.717, 1.165) is 63.0 Å². The Kier molecular flexibility index (Phi) is 8.39. The molecule has 0 spiro atoms. The zero-order valence-electron chi connectivity index (χ0n) is 17.5. The first kappa shape index (κ1) is 22.9. The number of halogens is 3. The molecular weight excluding hydrogens is 387 g/mol. The van der Waals surface area contributed by atoms with E-state index in [1.54, 1.807) is 18.2 Å². The largest absolute Gasteiger partial charge is 0.416 e. The van der Waals surface area contributed by atoms with Crippen LogP contribution < -0.4 is 0 Å². The summed E-state index contributed by atoms with van der Waals surface area (Å²) in [5.74, 6) is 1.70. The van der Waals surface area contributed by atoms with Crippen LogP contribution in [0.25, 0.3) is 0 Å². The van der Waals surface area contributed by atoms with Crippen molar-refractivity contribution in [2.75, 3.05) is 6.61 Å². The maximum absolute atomic E-state index is 12.7. The standard InChI is InChI=1S/C25H32F3NO/c26-25(27,28)23-13-11-22(12-14-23)21-9-5-20(6-10-21)18-30-24-15-7-19(8-16-24)4-2-1-3-17-29/h1,3,11-14,19-21,24H,2,4-10,15-16,18H2. The van der Waals surface area contributed by atoms with E-state index in [1.165, 1.54) is 31.4 Å². The fourth-order valence-corrected chi connectivity index (χ4v) is 4.93. The van der Waals surface area contributed by atoms with Crippen molar-refractivity contribution in [3.8, 4) is 6.07 Å². The highest BCUT2D eigenvalue weighted by molar-refractivity contribution is 5.27. The van der Waals surface area contributed by atoms with Crippen molar-refractivity contribution in [1.29, 1.82) is 5.26 Å². The molecule has 0 aliphatic heterocycles. The third-order valence-electron chi connectivity index (χ3n) is 6.85. The van der Waals surface area contributed by atoms with Gasteiger partial charge in [-0.1, -0.05) is 18.2 Å². The van der Waals surface area contributed by atoms with Gasteiger partial charge in [-0.25, -0.2) is 0 Å². The van der Waals surface area contributed by atoms with Gasteiger partial charge in [-0.3, -0.25) is 0 Å². The number of ether oxygens (including phenoxy) is 1. The van der Waals surface area contributed by atoms with Crippen LogP contribution >= 0.6 is 0 Å². The number of rotatable bonds is 7. The summed E-state index contributed by atoms with van der Waals surface area (Å²) in [6, 6.07) is 7.76. The number of hydrogen-bond donors (Lipinski definition) is 0. The summed E-state index contributed by atoms with van der Waals surface area (Å²) < 4.78 is 44.4. The number of benzene rings is 1. The Labute approximate surface area is 178 Å². The predicted molar refractivity (Wildman–Crippen MR) is 112 cm³/mol. The lowest BCUT2D eigenvalue weighted by atomic mass is 9.79. The van der Waals surface area contributed by atoms with Crippen LogP contribution in [0.2, 0.25) is 0 Å². The highest BCUT2D eigenvalue weighted by Gasteiger charge is 2.31. The first-order chi connectivity index (χ1) is 14.5. The maximum atomic E-state index is 12.7. The third-order valence-corrected chi connectivity index (χ3v) is 6.85. The number of hydrogen-bond acceptors (Lipinski definition) is 2. The molecule has 3 rings (SSSR count). The second kappa shape index (κ2) is 11.0. The van der Waals surface area contributed by atoms with Gasteiger partial charge in [0.2, 0.25) is 0 Å². The zero-order valence-corrected chi connectivity index (χ0v) is 17.5. The Hall–Kier alpha value is -1.80. The summed E-state index contributed by atoms with van der Waals surface area (Å²) in [5.41, 5.74) is 0.465. The van der Waals surface area contributed by atoms with Crippen molar-refractivity contribution in [3.05, 3.63) is 47.5 Å². The molecule has 30 heavy (non-hydrogen) atoms. The van der Waals surface area contributed by atoms with Gasteiger partial charge in [0.1, 0.15) is 0 Å². The second-order valence-corrected chi connectivity index (χ2v) is 8.92.